The van der Waals surface area contributed by atoms with Gasteiger partial charge in [-0.2, -0.15) is 0 Å². The average molecular weight is 300 g/mol. The Hall–Kier alpha value is -1.44. The molecule has 7 heteroatoms. The van der Waals surface area contributed by atoms with Crippen LogP contribution in [0.2, 0.25) is 0 Å². The normalized spacial score (nSPS) is 12.9. The summed E-state index contributed by atoms with van der Waals surface area (Å²) in [7, 11) is -3.62. The first kappa shape index (κ1) is 16.6. The van der Waals surface area contributed by atoms with Crippen molar-refractivity contribution in [2.24, 2.45) is 5.73 Å². The van der Waals surface area contributed by atoms with E-state index in [4.69, 9.17) is 10.5 Å². The quantitative estimate of drug-likeness (QED) is 0.728. The van der Waals surface area contributed by atoms with Gasteiger partial charge in [0, 0.05) is 12.6 Å². The van der Waals surface area contributed by atoms with Crippen molar-refractivity contribution in [2.45, 2.75) is 31.2 Å². The van der Waals surface area contributed by atoms with Crippen molar-refractivity contribution >= 4 is 16.0 Å². The van der Waals surface area contributed by atoms with Gasteiger partial charge in [0.05, 0.1) is 17.1 Å². The van der Waals surface area contributed by atoms with Gasteiger partial charge in [0.1, 0.15) is 0 Å². The van der Waals surface area contributed by atoms with Crippen molar-refractivity contribution in [2.75, 3.05) is 13.2 Å². The summed E-state index contributed by atoms with van der Waals surface area (Å²) in [6, 6.07) is 5.30. The largest absolute Gasteiger partial charge is 0.462 e. The van der Waals surface area contributed by atoms with Gasteiger partial charge in [-0.15, -0.1) is 0 Å². The lowest BCUT2D eigenvalue weighted by Gasteiger charge is -2.15. The van der Waals surface area contributed by atoms with Gasteiger partial charge >= 0.3 is 5.97 Å². The van der Waals surface area contributed by atoms with Crippen LogP contribution in [0.15, 0.2) is 29.2 Å². The monoisotopic (exact) mass is 300 g/mol. The van der Waals surface area contributed by atoms with Crippen LogP contribution in [0.3, 0.4) is 0 Å². The Morgan fingerprint density at radius 2 is 1.90 bits per heavy atom. The minimum atomic E-state index is -3.62. The van der Waals surface area contributed by atoms with E-state index in [0.717, 1.165) is 0 Å². The van der Waals surface area contributed by atoms with Crippen molar-refractivity contribution in [1.82, 2.24) is 4.72 Å². The van der Waals surface area contributed by atoms with Crippen molar-refractivity contribution in [3.8, 4) is 0 Å². The summed E-state index contributed by atoms with van der Waals surface area (Å²) in [5.41, 5.74) is 5.79. The standard InChI is InChI=1S/C13H20N2O4S/c1-3-11(9-14)15-20(17,18)12-7-5-10(6-8-12)13(16)19-4-2/h5-8,11,15H,3-4,9,14H2,1-2H3. The van der Waals surface area contributed by atoms with Gasteiger partial charge in [-0.25, -0.2) is 17.9 Å². The van der Waals surface area contributed by atoms with E-state index < -0.39 is 16.0 Å². The molecule has 112 valence electrons. The number of benzene rings is 1. The molecule has 0 fully saturated rings. The fourth-order valence-electron chi connectivity index (χ4n) is 1.57. The number of nitrogens with two attached hydrogens (primary N) is 1. The third-order valence-electron chi connectivity index (χ3n) is 2.77. The first-order chi connectivity index (χ1) is 9.44. The second-order valence-corrected chi connectivity index (χ2v) is 5.92. The molecule has 1 rings (SSSR count). The molecule has 0 radical (unpaired) electrons. The number of carbonyl (C=O) groups excluding carboxylic acids is 1. The summed E-state index contributed by atoms with van der Waals surface area (Å²) >= 11 is 0. The van der Waals surface area contributed by atoms with Gasteiger partial charge in [-0.05, 0) is 37.6 Å². The summed E-state index contributed by atoms with van der Waals surface area (Å²) in [6.07, 6.45) is 0.608. The lowest BCUT2D eigenvalue weighted by Crippen LogP contribution is -2.39. The maximum Gasteiger partial charge on any atom is 0.338 e. The van der Waals surface area contributed by atoms with Crippen molar-refractivity contribution in [3.63, 3.8) is 0 Å². The van der Waals surface area contributed by atoms with Crippen LogP contribution in [0.25, 0.3) is 0 Å². The molecule has 1 atom stereocenters. The summed E-state index contributed by atoms with van der Waals surface area (Å²) in [5.74, 6) is -0.474. The summed E-state index contributed by atoms with van der Waals surface area (Å²) < 4.78 is 31.5. The number of carbonyl (C=O) groups is 1. The van der Waals surface area contributed by atoms with Crippen LogP contribution in [0.5, 0.6) is 0 Å². The number of hydrogen-bond acceptors (Lipinski definition) is 5. The van der Waals surface area contributed by atoms with Crippen LogP contribution < -0.4 is 10.5 Å². The van der Waals surface area contributed by atoms with Gasteiger partial charge in [0.2, 0.25) is 10.0 Å². The number of sulfonamides is 1. The molecule has 0 bridgehead atoms. The maximum atomic E-state index is 12.1. The van der Waals surface area contributed by atoms with Gasteiger partial charge in [-0.1, -0.05) is 6.92 Å². The first-order valence-electron chi connectivity index (χ1n) is 6.44. The molecule has 0 aliphatic carbocycles. The number of esters is 1. The minimum absolute atomic E-state index is 0.0949. The van der Waals surface area contributed by atoms with Crippen molar-refractivity contribution < 1.29 is 17.9 Å². The number of ether oxygens (including phenoxy) is 1. The van der Waals surface area contributed by atoms with E-state index >= 15 is 0 Å². The summed E-state index contributed by atoms with van der Waals surface area (Å²) in [6.45, 7) is 4.06. The van der Waals surface area contributed by atoms with Gasteiger partial charge in [0.25, 0.3) is 0 Å². The molecule has 20 heavy (non-hydrogen) atoms. The van der Waals surface area contributed by atoms with E-state index in [1.165, 1.54) is 24.3 Å². The lowest BCUT2D eigenvalue weighted by molar-refractivity contribution is 0.0526. The zero-order valence-corrected chi connectivity index (χ0v) is 12.4. The highest BCUT2D eigenvalue weighted by Gasteiger charge is 2.18. The molecule has 3 N–H and O–H groups in total. The topological polar surface area (TPSA) is 98.5 Å². The fraction of sp³-hybridized carbons (Fsp3) is 0.462. The Morgan fingerprint density at radius 3 is 2.35 bits per heavy atom. The number of rotatable bonds is 7. The van der Waals surface area contributed by atoms with E-state index in [0.29, 0.717) is 12.0 Å². The Kier molecular flexibility index (Phi) is 6.12. The van der Waals surface area contributed by atoms with Crippen LogP contribution in [0.4, 0.5) is 0 Å². The Labute approximate surface area is 119 Å². The molecule has 1 unspecified atom stereocenters. The minimum Gasteiger partial charge on any atom is -0.462 e. The second-order valence-electron chi connectivity index (χ2n) is 4.21. The molecular weight excluding hydrogens is 280 g/mol. The molecule has 6 nitrogen and oxygen atoms in total. The maximum absolute atomic E-state index is 12.1. The van der Waals surface area contributed by atoms with E-state index in [9.17, 15) is 13.2 Å². The zero-order chi connectivity index (χ0) is 15.2. The molecule has 0 aliphatic heterocycles. The highest BCUT2D eigenvalue weighted by Crippen LogP contribution is 2.12. The second kappa shape index (κ2) is 7.37. The van der Waals surface area contributed by atoms with Crippen LogP contribution in [-0.2, 0) is 14.8 Å². The van der Waals surface area contributed by atoms with E-state index in [1.807, 2.05) is 6.92 Å². The SMILES string of the molecule is CCOC(=O)c1ccc(S(=O)(=O)NC(CC)CN)cc1. The molecule has 0 heterocycles. The van der Waals surface area contributed by atoms with Gasteiger partial charge in [-0.3, -0.25) is 0 Å². The van der Waals surface area contributed by atoms with Crippen LogP contribution >= 0.6 is 0 Å². The smallest absolute Gasteiger partial charge is 0.338 e. The molecule has 0 amide bonds. The third kappa shape index (κ3) is 4.29. The third-order valence-corrected chi connectivity index (χ3v) is 4.31. The molecular formula is C13H20N2O4S. The predicted molar refractivity (Wildman–Crippen MR) is 75.9 cm³/mol. The van der Waals surface area contributed by atoms with E-state index in [2.05, 4.69) is 4.72 Å². The molecule has 0 spiro atoms. The lowest BCUT2D eigenvalue weighted by atomic mass is 10.2. The Bertz CT molecular complexity index is 536. The summed E-state index contributed by atoms with van der Waals surface area (Å²) in [5, 5.41) is 0. The number of hydrogen-bond donors (Lipinski definition) is 2. The van der Waals surface area contributed by atoms with Gasteiger partial charge < -0.3 is 10.5 Å². The highest BCUT2D eigenvalue weighted by molar-refractivity contribution is 7.89. The highest BCUT2D eigenvalue weighted by atomic mass is 32.2. The zero-order valence-electron chi connectivity index (χ0n) is 11.6. The molecule has 0 saturated heterocycles. The summed E-state index contributed by atoms with van der Waals surface area (Å²) in [4.78, 5) is 11.6. The molecule has 0 aromatic heterocycles. The van der Waals surface area contributed by atoms with Crippen molar-refractivity contribution in [3.05, 3.63) is 29.8 Å². The predicted octanol–water partition coefficient (Wildman–Crippen LogP) is 0.879. The Balaban J connectivity index is 2.89. The van der Waals surface area contributed by atoms with Crippen LogP contribution in [0.1, 0.15) is 30.6 Å². The van der Waals surface area contributed by atoms with E-state index in [1.54, 1.807) is 6.92 Å². The van der Waals surface area contributed by atoms with Gasteiger partial charge in [0.15, 0.2) is 0 Å². The van der Waals surface area contributed by atoms with Crippen LogP contribution in [-0.4, -0.2) is 33.6 Å². The molecule has 1 aromatic rings. The molecule has 0 saturated carbocycles. The molecule has 1 aromatic carbocycles. The Morgan fingerprint density at radius 1 is 1.30 bits per heavy atom. The number of nitrogens with one attached hydrogen (secondary N) is 1. The van der Waals surface area contributed by atoms with Crippen LogP contribution in [0, 0.1) is 0 Å². The fourth-order valence-corrected chi connectivity index (χ4v) is 2.90. The molecule has 0 aliphatic rings. The van der Waals surface area contributed by atoms with E-state index in [-0.39, 0.29) is 24.1 Å². The van der Waals surface area contributed by atoms with Crippen molar-refractivity contribution in [1.29, 1.82) is 0 Å². The average Bonchev–Trinajstić information content (AvgIpc) is 2.45. The first-order valence-corrected chi connectivity index (χ1v) is 7.92.